The lowest BCUT2D eigenvalue weighted by Crippen LogP contribution is -2.18. The Morgan fingerprint density at radius 2 is 1.86 bits per heavy atom. The van der Waals surface area contributed by atoms with E-state index in [0.29, 0.717) is 12.2 Å². The van der Waals surface area contributed by atoms with E-state index in [0.717, 1.165) is 16.9 Å². The maximum atomic E-state index is 14.2. The van der Waals surface area contributed by atoms with E-state index in [-0.39, 0.29) is 11.9 Å². The van der Waals surface area contributed by atoms with Crippen LogP contribution in [0.2, 0.25) is 0 Å². The first-order chi connectivity index (χ1) is 10.0. The van der Waals surface area contributed by atoms with Gasteiger partial charge in [-0.25, -0.2) is 4.39 Å². The van der Waals surface area contributed by atoms with E-state index in [9.17, 15) is 4.39 Å². The molecule has 0 amide bonds. The minimum absolute atomic E-state index is 0.166. The molecule has 0 spiro atoms. The molecule has 2 aromatic rings. The molecule has 0 saturated heterocycles. The van der Waals surface area contributed by atoms with Gasteiger partial charge in [0, 0.05) is 19.6 Å². The molecule has 0 aromatic heterocycles. The van der Waals surface area contributed by atoms with E-state index in [2.05, 4.69) is 0 Å². The predicted octanol–water partition coefficient (Wildman–Crippen LogP) is 3.49. The molecule has 0 bridgehead atoms. The third kappa shape index (κ3) is 3.73. The standard InChI is InChI=1S/C17H21FN2O/c1-12(19)14-6-9-17(16(18)10-14)20(2)11-13-4-7-15(21-3)8-5-13/h4-10,12H,11,19H2,1-3H3/t12-/m0/s1. The van der Waals surface area contributed by atoms with Crippen LogP contribution in [-0.2, 0) is 6.54 Å². The van der Waals surface area contributed by atoms with Gasteiger partial charge in [-0.1, -0.05) is 18.2 Å². The lowest BCUT2D eigenvalue weighted by Gasteiger charge is -2.21. The van der Waals surface area contributed by atoms with Gasteiger partial charge < -0.3 is 15.4 Å². The molecule has 21 heavy (non-hydrogen) atoms. The van der Waals surface area contributed by atoms with E-state index in [1.165, 1.54) is 6.07 Å². The first-order valence-corrected chi connectivity index (χ1v) is 6.90. The Hall–Kier alpha value is -2.07. The molecule has 2 aromatic carbocycles. The molecule has 0 aliphatic rings. The van der Waals surface area contributed by atoms with Crippen molar-refractivity contribution in [1.29, 1.82) is 0 Å². The lowest BCUT2D eigenvalue weighted by molar-refractivity contribution is 0.414. The smallest absolute Gasteiger partial charge is 0.146 e. The number of halogens is 1. The number of anilines is 1. The average molecular weight is 288 g/mol. The van der Waals surface area contributed by atoms with Crippen LogP contribution in [0, 0.1) is 5.82 Å². The number of nitrogens with two attached hydrogens (primary N) is 1. The fourth-order valence-electron chi connectivity index (χ4n) is 2.21. The topological polar surface area (TPSA) is 38.5 Å². The van der Waals surface area contributed by atoms with Crippen LogP contribution in [0.15, 0.2) is 42.5 Å². The maximum Gasteiger partial charge on any atom is 0.146 e. The molecule has 112 valence electrons. The Bertz CT molecular complexity index is 596. The molecule has 0 radical (unpaired) electrons. The number of nitrogens with zero attached hydrogens (tertiary/aromatic N) is 1. The number of methoxy groups -OCH3 is 1. The van der Waals surface area contributed by atoms with Crippen LogP contribution in [0.1, 0.15) is 24.1 Å². The summed E-state index contributed by atoms with van der Waals surface area (Å²) in [6.45, 7) is 2.47. The van der Waals surface area contributed by atoms with Crippen LogP contribution < -0.4 is 15.4 Å². The molecule has 0 saturated carbocycles. The van der Waals surface area contributed by atoms with Gasteiger partial charge in [-0.2, -0.15) is 0 Å². The highest BCUT2D eigenvalue weighted by Crippen LogP contribution is 2.23. The Morgan fingerprint density at radius 1 is 1.19 bits per heavy atom. The van der Waals surface area contributed by atoms with Gasteiger partial charge in [0.05, 0.1) is 12.8 Å². The summed E-state index contributed by atoms with van der Waals surface area (Å²) in [4.78, 5) is 1.88. The summed E-state index contributed by atoms with van der Waals surface area (Å²) in [5, 5.41) is 0. The van der Waals surface area contributed by atoms with Gasteiger partial charge in [0.15, 0.2) is 0 Å². The van der Waals surface area contributed by atoms with Gasteiger partial charge in [-0.15, -0.1) is 0 Å². The number of benzene rings is 2. The zero-order chi connectivity index (χ0) is 15.4. The number of rotatable bonds is 5. The Balaban J connectivity index is 2.13. The van der Waals surface area contributed by atoms with Gasteiger partial charge in [0.2, 0.25) is 0 Å². The van der Waals surface area contributed by atoms with Crippen LogP contribution in [-0.4, -0.2) is 14.2 Å². The van der Waals surface area contributed by atoms with Gasteiger partial charge >= 0.3 is 0 Å². The molecule has 1 atom stereocenters. The number of hydrogen-bond donors (Lipinski definition) is 1. The number of hydrogen-bond acceptors (Lipinski definition) is 3. The van der Waals surface area contributed by atoms with E-state index in [4.69, 9.17) is 10.5 Å². The summed E-state index contributed by atoms with van der Waals surface area (Å²) < 4.78 is 19.3. The van der Waals surface area contributed by atoms with Crippen molar-refractivity contribution < 1.29 is 9.13 Å². The molecule has 3 nitrogen and oxygen atoms in total. The summed E-state index contributed by atoms with van der Waals surface area (Å²) in [6.07, 6.45) is 0. The number of ether oxygens (including phenoxy) is 1. The maximum absolute atomic E-state index is 14.2. The molecule has 2 rings (SSSR count). The summed E-state index contributed by atoms with van der Waals surface area (Å²) >= 11 is 0. The predicted molar refractivity (Wildman–Crippen MR) is 84.1 cm³/mol. The summed E-state index contributed by atoms with van der Waals surface area (Å²) in [5.41, 5.74) is 8.22. The van der Waals surface area contributed by atoms with E-state index >= 15 is 0 Å². The van der Waals surface area contributed by atoms with Crippen molar-refractivity contribution >= 4 is 5.69 Å². The first-order valence-electron chi connectivity index (χ1n) is 6.90. The minimum atomic E-state index is -0.249. The molecular weight excluding hydrogens is 267 g/mol. The zero-order valence-electron chi connectivity index (χ0n) is 12.6. The van der Waals surface area contributed by atoms with Gasteiger partial charge in [-0.05, 0) is 42.3 Å². The second kappa shape index (κ2) is 6.59. The first kappa shape index (κ1) is 15.3. The normalized spacial score (nSPS) is 12.0. The highest BCUT2D eigenvalue weighted by Gasteiger charge is 2.10. The molecule has 2 N–H and O–H groups in total. The van der Waals surface area contributed by atoms with Gasteiger partial charge in [-0.3, -0.25) is 0 Å². The van der Waals surface area contributed by atoms with Crippen LogP contribution >= 0.6 is 0 Å². The quantitative estimate of drug-likeness (QED) is 0.915. The van der Waals surface area contributed by atoms with Crippen molar-refractivity contribution in [3.63, 3.8) is 0 Å². The largest absolute Gasteiger partial charge is 0.497 e. The van der Waals surface area contributed by atoms with Crippen molar-refractivity contribution in [2.45, 2.75) is 19.5 Å². The summed E-state index contributed by atoms with van der Waals surface area (Å²) in [5.74, 6) is 0.565. The monoisotopic (exact) mass is 288 g/mol. The highest BCUT2D eigenvalue weighted by molar-refractivity contribution is 5.49. The van der Waals surface area contributed by atoms with Crippen molar-refractivity contribution in [3.8, 4) is 5.75 Å². The highest BCUT2D eigenvalue weighted by atomic mass is 19.1. The zero-order valence-corrected chi connectivity index (χ0v) is 12.6. The lowest BCUT2D eigenvalue weighted by atomic mass is 10.1. The summed E-state index contributed by atoms with van der Waals surface area (Å²) in [6, 6.07) is 12.7. The van der Waals surface area contributed by atoms with Crippen LogP contribution in [0.3, 0.4) is 0 Å². The third-order valence-corrected chi connectivity index (χ3v) is 3.49. The second-order valence-corrected chi connectivity index (χ2v) is 5.20. The van der Waals surface area contributed by atoms with E-state index < -0.39 is 0 Å². The van der Waals surface area contributed by atoms with Crippen molar-refractivity contribution in [3.05, 3.63) is 59.4 Å². The van der Waals surface area contributed by atoms with Crippen molar-refractivity contribution in [2.24, 2.45) is 5.73 Å². The van der Waals surface area contributed by atoms with Crippen molar-refractivity contribution in [1.82, 2.24) is 0 Å². The fraction of sp³-hybridized carbons (Fsp3) is 0.294. The third-order valence-electron chi connectivity index (χ3n) is 3.49. The second-order valence-electron chi connectivity index (χ2n) is 5.20. The molecule has 0 unspecified atom stereocenters. The Kier molecular flexibility index (Phi) is 4.81. The van der Waals surface area contributed by atoms with E-state index in [1.807, 2.05) is 49.2 Å². The molecular formula is C17H21FN2O. The SMILES string of the molecule is COc1ccc(CN(C)c2ccc([C@H](C)N)cc2F)cc1. The van der Waals surface area contributed by atoms with Crippen LogP contribution in [0.5, 0.6) is 5.75 Å². The Labute approximate surface area is 125 Å². The molecule has 0 aliphatic carbocycles. The van der Waals surface area contributed by atoms with Crippen molar-refractivity contribution in [2.75, 3.05) is 19.1 Å². The van der Waals surface area contributed by atoms with Gasteiger partial charge in [0.1, 0.15) is 11.6 Å². The summed E-state index contributed by atoms with van der Waals surface area (Å²) in [7, 11) is 3.50. The Morgan fingerprint density at radius 3 is 2.38 bits per heavy atom. The molecule has 0 fully saturated rings. The van der Waals surface area contributed by atoms with Crippen LogP contribution in [0.25, 0.3) is 0 Å². The minimum Gasteiger partial charge on any atom is -0.497 e. The molecule has 0 heterocycles. The van der Waals surface area contributed by atoms with Gasteiger partial charge in [0.25, 0.3) is 0 Å². The molecule has 4 heteroatoms. The fourth-order valence-corrected chi connectivity index (χ4v) is 2.21. The van der Waals surface area contributed by atoms with E-state index in [1.54, 1.807) is 13.2 Å². The molecule has 0 aliphatic heterocycles. The van der Waals surface area contributed by atoms with Crippen LogP contribution in [0.4, 0.5) is 10.1 Å². The average Bonchev–Trinajstić information content (AvgIpc) is 2.47.